The van der Waals surface area contributed by atoms with Crippen molar-refractivity contribution in [1.29, 1.82) is 0 Å². The van der Waals surface area contributed by atoms with Gasteiger partial charge in [0.15, 0.2) is 11.0 Å². The van der Waals surface area contributed by atoms with Crippen molar-refractivity contribution in [3.8, 4) is 5.69 Å². The second-order valence-electron chi connectivity index (χ2n) is 8.87. The summed E-state index contributed by atoms with van der Waals surface area (Å²) in [6.45, 7) is 7.80. The fourth-order valence-corrected chi connectivity index (χ4v) is 4.85. The fraction of sp³-hybridized carbons (Fsp3) is 0.222. The Morgan fingerprint density at radius 3 is 2.43 bits per heavy atom. The minimum Gasteiger partial charge on any atom is -0.328 e. The molecule has 2 amide bonds. The number of carbonyl (C=O) groups excluding carboxylic acids is 1. The molecule has 0 bridgehead atoms. The van der Waals surface area contributed by atoms with Gasteiger partial charge in [0, 0.05) is 29.3 Å². The molecule has 3 aromatic carbocycles. The molecule has 4 rings (SSSR count). The van der Waals surface area contributed by atoms with E-state index in [0.29, 0.717) is 22.4 Å². The SMILES string of the molecule is Cc1cccc(CSc2nnc(C(C)NC(=O)Nc3ccc(C)cc3C)n2-c2ccc([N+](=O)[O-])cc2)c1. The lowest BCUT2D eigenvalue weighted by atomic mass is 10.1. The normalized spacial score (nSPS) is 11.7. The van der Waals surface area contributed by atoms with E-state index in [1.807, 2.05) is 62.6 Å². The Hall–Kier alpha value is -4.18. The van der Waals surface area contributed by atoms with Crippen LogP contribution in [0.5, 0.6) is 0 Å². The zero-order valence-electron chi connectivity index (χ0n) is 21.1. The molecule has 0 aliphatic heterocycles. The molecule has 10 heteroatoms. The summed E-state index contributed by atoms with van der Waals surface area (Å²) >= 11 is 1.50. The molecule has 4 aromatic rings. The molecule has 0 radical (unpaired) electrons. The molecule has 1 atom stereocenters. The highest BCUT2D eigenvalue weighted by molar-refractivity contribution is 7.98. The maximum Gasteiger partial charge on any atom is 0.319 e. The molecular formula is C27H28N6O3S. The third-order valence-electron chi connectivity index (χ3n) is 5.79. The van der Waals surface area contributed by atoms with Crippen LogP contribution < -0.4 is 10.6 Å². The van der Waals surface area contributed by atoms with E-state index in [0.717, 1.165) is 22.4 Å². The average Bonchev–Trinajstić information content (AvgIpc) is 3.29. The molecule has 9 nitrogen and oxygen atoms in total. The van der Waals surface area contributed by atoms with Crippen LogP contribution in [0.25, 0.3) is 5.69 Å². The summed E-state index contributed by atoms with van der Waals surface area (Å²) in [4.78, 5) is 23.5. The molecule has 1 aromatic heterocycles. The summed E-state index contributed by atoms with van der Waals surface area (Å²) < 4.78 is 1.83. The van der Waals surface area contributed by atoms with Gasteiger partial charge in [-0.1, -0.05) is 59.3 Å². The van der Waals surface area contributed by atoms with Gasteiger partial charge in [-0.25, -0.2) is 4.79 Å². The number of nitro benzene ring substituents is 1. The molecular weight excluding hydrogens is 488 g/mol. The highest BCUT2D eigenvalue weighted by atomic mass is 32.2. The maximum absolute atomic E-state index is 12.8. The van der Waals surface area contributed by atoms with Crippen LogP contribution >= 0.6 is 11.8 Å². The Morgan fingerprint density at radius 1 is 1.03 bits per heavy atom. The van der Waals surface area contributed by atoms with Gasteiger partial charge in [0.1, 0.15) is 0 Å². The first-order valence-electron chi connectivity index (χ1n) is 11.7. The summed E-state index contributed by atoms with van der Waals surface area (Å²) in [5.41, 5.74) is 5.77. The van der Waals surface area contributed by atoms with Crippen LogP contribution in [-0.4, -0.2) is 25.7 Å². The third-order valence-corrected chi connectivity index (χ3v) is 6.79. The van der Waals surface area contributed by atoms with Crippen molar-refractivity contribution in [3.63, 3.8) is 0 Å². The van der Waals surface area contributed by atoms with Crippen molar-refractivity contribution in [3.05, 3.63) is 105 Å². The second kappa shape index (κ2) is 11.3. The molecule has 1 unspecified atom stereocenters. The number of hydrogen-bond donors (Lipinski definition) is 2. The van der Waals surface area contributed by atoms with Gasteiger partial charge in [-0.2, -0.15) is 0 Å². The van der Waals surface area contributed by atoms with Gasteiger partial charge in [0.05, 0.1) is 11.0 Å². The Labute approximate surface area is 219 Å². The largest absolute Gasteiger partial charge is 0.328 e. The van der Waals surface area contributed by atoms with Gasteiger partial charge in [-0.05, 0) is 57.0 Å². The van der Waals surface area contributed by atoms with Crippen LogP contribution in [0.4, 0.5) is 16.2 Å². The van der Waals surface area contributed by atoms with E-state index < -0.39 is 11.0 Å². The van der Waals surface area contributed by atoms with E-state index >= 15 is 0 Å². The molecule has 0 saturated carbocycles. The molecule has 190 valence electrons. The molecule has 37 heavy (non-hydrogen) atoms. The number of nitrogens with zero attached hydrogens (tertiary/aromatic N) is 4. The number of rotatable bonds is 8. The van der Waals surface area contributed by atoms with Crippen molar-refractivity contribution >= 4 is 29.2 Å². The summed E-state index contributed by atoms with van der Waals surface area (Å²) in [5, 5.41) is 26.4. The summed E-state index contributed by atoms with van der Waals surface area (Å²) in [6.07, 6.45) is 0. The van der Waals surface area contributed by atoms with E-state index in [1.165, 1.54) is 29.5 Å². The second-order valence-corrected chi connectivity index (χ2v) is 9.81. The van der Waals surface area contributed by atoms with Crippen LogP contribution in [0.1, 0.15) is 41.0 Å². The summed E-state index contributed by atoms with van der Waals surface area (Å²) in [7, 11) is 0. The number of aromatic nitrogens is 3. The van der Waals surface area contributed by atoms with Crippen LogP contribution in [-0.2, 0) is 5.75 Å². The van der Waals surface area contributed by atoms with Crippen LogP contribution in [0.3, 0.4) is 0 Å². The van der Waals surface area contributed by atoms with Crippen molar-refractivity contribution in [2.45, 2.75) is 44.6 Å². The summed E-state index contributed by atoms with van der Waals surface area (Å²) in [6, 6.07) is 19.4. The highest BCUT2D eigenvalue weighted by Gasteiger charge is 2.22. The van der Waals surface area contributed by atoms with Crippen molar-refractivity contribution < 1.29 is 9.72 Å². The summed E-state index contributed by atoms with van der Waals surface area (Å²) in [5.74, 6) is 1.18. The van der Waals surface area contributed by atoms with Gasteiger partial charge < -0.3 is 10.6 Å². The zero-order chi connectivity index (χ0) is 26.5. The van der Waals surface area contributed by atoms with Gasteiger partial charge in [0.2, 0.25) is 0 Å². The van der Waals surface area contributed by atoms with E-state index in [1.54, 1.807) is 12.1 Å². The molecule has 0 spiro atoms. The number of benzene rings is 3. The average molecular weight is 517 g/mol. The zero-order valence-corrected chi connectivity index (χ0v) is 21.9. The molecule has 1 heterocycles. The molecule has 0 fully saturated rings. The topological polar surface area (TPSA) is 115 Å². The van der Waals surface area contributed by atoms with Gasteiger partial charge in [0.25, 0.3) is 5.69 Å². The predicted octanol–water partition coefficient (Wildman–Crippen LogP) is 6.28. The number of anilines is 1. The number of carbonyl (C=O) groups is 1. The minimum absolute atomic E-state index is 0.00800. The first-order valence-corrected chi connectivity index (χ1v) is 12.7. The number of aryl methyl sites for hydroxylation is 3. The molecule has 2 N–H and O–H groups in total. The first-order chi connectivity index (χ1) is 17.7. The van der Waals surface area contributed by atoms with Gasteiger partial charge in [-0.15, -0.1) is 10.2 Å². The standard InChI is InChI=1S/C27H28N6O3S/c1-17-6-5-7-21(15-17)16-37-27-31-30-25(32(27)22-9-11-23(12-10-22)33(35)36)20(4)28-26(34)29-24-13-8-18(2)14-19(24)3/h5-15,20H,16H2,1-4H3,(H2,28,29,34). The smallest absolute Gasteiger partial charge is 0.319 e. The molecule has 0 saturated heterocycles. The number of hydrogen-bond acceptors (Lipinski definition) is 6. The maximum atomic E-state index is 12.8. The number of urea groups is 1. The third kappa shape index (κ3) is 6.34. The van der Waals surface area contributed by atoms with Crippen molar-refractivity contribution in [1.82, 2.24) is 20.1 Å². The Balaban J connectivity index is 1.59. The Kier molecular flexibility index (Phi) is 7.88. The van der Waals surface area contributed by atoms with Crippen molar-refractivity contribution in [2.24, 2.45) is 0 Å². The van der Waals surface area contributed by atoms with Crippen LogP contribution in [0, 0.1) is 30.9 Å². The molecule has 0 aliphatic rings. The lowest BCUT2D eigenvalue weighted by Crippen LogP contribution is -2.32. The monoisotopic (exact) mass is 516 g/mol. The van der Waals surface area contributed by atoms with Crippen molar-refractivity contribution in [2.75, 3.05) is 5.32 Å². The minimum atomic E-state index is -0.498. The van der Waals surface area contributed by atoms with E-state index in [4.69, 9.17) is 0 Å². The lowest BCUT2D eigenvalue weighted by molar-refractivity contribution is -0.384. The van der Waals surface area contributed by atoms with Gasteiger partial charge >= 0.3 is 6.03 Å². The quantitative estimate of drug-likeness (QED) is 0.162. The predicted molar refractivity (Wildman–Crippen MR) is 145 cm³/mol. The number of thioether (sulfide) groups is 1. The number of amides is 2. The van der Waals surface area contributed by atoms with Crippen LogP contribution in [0.2, 0.25) is 0 Å². The van der Waals surface area contributed by atoms with Crippen LogP contribution in [0.15, 0.2) is 71.9 Å². The number of nitro groups is 1. The van der Waals surface area contributed by atoms with E-state index in [9.17, 15) is 14.9 Å². The number of non-ortho nitro benzene ring substituents is 1. The first kappa shape index (κ1) is 25.9. The lowest BCUT2D eigenvalue weighted by Gasteiger charge is -2.17. The van der Waals surface area contributed by atoms with E-state index in [-0.39, 0.29) is 11.7 Å². The highest BCUT2D eigenvalue weighted by Crippen LogP contribution is 2.29. The van der Waals surface area contributed by atoms with E-state index in [2.05, 4.69) is 33.0 Å². The molecule has 0 aliphatic carbocycles. The Bertz CT molecular complexity index is 1430. The fourth-order valence-electron chi connectivity index (χ4n) is 3.94. The number of nitrogens with one attached hydrogen (secondary N) is 2. The Morgan fingerprint density at radius 2 is 1.76 bits per heavy atom. The van der Waals surface area contributed by atoms with Gasteiger partial charge in [-0.3, -0.25) is 14.7 Å².